The molecular weight excluding hydrogens is 222 g/mol. The van der Waals surface area contributed by atoms with E-state index in [2.05, 4.69) is 0 Å². The third-order valence-corrected chi connectivity index (χ3v) is 3.12. The Hall–Kier alpha value is -2.09. The van der Waals surface area contributed by atoms with Gasteiger partial charge in [0.2, 0.25) is 0 Å². The smallest absolute Gasteiger partial charge is 0.169 e. The summed E-state index contributed by atoms with van der Waals surface area (Å²) in [6.07, 6.45) is 0.403. The van der Waals surface area contributed by atoms with Crippen molar-refractivity contribution < 1.29 is 4.79 Å². The Kier molecular flexibility index (Phi) is 3.47. The lowest BCUT2D eigenvalue weighted by molar-refractivity contribution is 0.0993. The molecule has 0 fully saturated rings. The summed E-state index contributed by atoms with van der Waals surface area (Å²) in [5, 5.41) is 0. The van der Waals surface area contributed by atoms with Crippen LogP contribution in [0, 0.1) is 13.8 Å². The van der Waals surface area contributed by atoms with Crippen LogP contribution in [0.2, 0.25) is 0 Å². The molecule has 2 rings (SSSR count). The molecule has 0 aliphatic rings. The van der Waals surface area contributed by atoms with Gasteiger partial charge in [-0.3, -0.25) is 4.79 Å². The molecule has 2 N–H and O–H groups in total. The van der Waals surface area contributed by atoms with Crippen molar-refractivity contribution in [2.45, 2.75) is 20.3 Å². The van der Waals surface area contributed by atoms with E-state index in [1.807, 2.05) is 50.2 Å². The number of Topliss-reactive ketones (excluding diaryl/α,β-unsaturated/α-hetero) is 1. The summed E-state index contributed by atoms with van der Waals surface area (Å²) in [6.45, 7) is 3.98. The molecule has 2 aromatic carbocycles. The highest BCUT2D eigenvalue weighted by Gasteiger charge is 2.11. The minimum atomic E-state index is 0.0745. The predicted octanol–water partition coefficient (Wildman–Crippen LogP) is 3.31. The SMILES string of the molecule is Cc1ccc(N)c(C(=O)Cc2ccccc2C)c1. The first kappa shape index (κ1) is 12.4. The average Bonchev–Trinajstić information content (AvgIpc) is 2.35. The molecule has 0 radical (unpaired) electrons. The van der Waals surface area contributed by atoms with Gasteiger partial charge in [-0.2, -0.15) is 0 Å². The van der Waals surface area contributed by atoms with E-state index in [-0.39, 0.29) is 5.78 Å². The molecule has 2 nitrogen and oxygen atoms in total. The van der Waals surface area contributed by atoms with Crippen molar-refractivity contribution in [3.05, 3.63) is 64.7 Å². The van der Waals surface area contributed by atoms with Gasteiger partial charge in [0, 0.05) is 17.7 Å². The fraction of sp³-hybridized carbons (Fsp3) is 0.188. The van der Waals surface area contributed by atoms with E-state index in [4.69, 9.17) is 5.73 Å². The first-order chi connectivity index (χ1) is 8.58. The van der Waals surface area contributed by atoms with Crippen LogP contribution >= 0.6 is 0 Å². The van der Waals surface area contributed by atoms with Crippen LogP contribution in [0.15, 0.2) is 42.5 Å². The molecule has 0 saturated heterocycles. The van der Waals surface area contributed by atoms with Crippen LogP contribution in [0.5, 0.6) is 0 Å². The van der Waals surface area contributed by atoms with Gasteiger partial charge >= 0.3 is 0 Å². The summed E-state index contributed by atoms with van der Waals surface area (Å²) >= 11 is 0. The van der Waals surface area contributed by atoms with Gasteiger partial charge in [-0.15, -0.1) is 0 Å². The Bertz CT molecular complexity index is 587. The Morgan fingerprint density at radius 1 is 1.11 bits per heavy atom. The number of ketones is 1. The minimum absolute atomic E-state index is 0.0745. The summed E-state index contributed by atoms with van der Waals surface area (Å²) in [6, 6.07) is 13.5. The Morgan fingerprint density at radius 2 is 1.83 bits per heavy atom. The molecule has 92 valence electrons. The summed E-state index contributed by atoms with van der Waals surface area (Å²) in [5.74, 6) is 0.0745. The lowest BCUT2D eigenvalue weighted by Crippen LogP contribution is -2.08. The lowest BCUT2D eigenvalue weighted by Gasteiger charge is -2.08. The van der Waals surface area contributed by atoms with Crippen molar-refractivity contribution in [1.82, 2.24) is 0 Å². The lowest BCUT2D eigenvalue weighted by atomic mass is 9.97. The molecule has 0 amide bonds. The van der Waals surface area contributed by atoms with Crippen molar-refractivity contribution >= 4 is 11.5 Å². The van der Waals surface area contributed by atoms with Crippen LogP contribution in [-0.2, 0) is 6.42 Å². The first-order valence-electron chi connectivity index (χ1n) is 6.02. The van der Waals surface area contributed by atoms with Crippen LogP contribution < -0.4 is 5.73 Å². The monoisotopic (exact) mass is 239 g/mol. The molecule has 0 aliphatic heterocycles. The second-order valence-electron chi connectivity index (χ2n) is 4.62. The number of benzene rings is 2. The zero-order valence-electron chi connectivity index (χ0n) is 10.7. The number of rotatable bonds is 3. The number of aryl methyl sites for hydroxylation is 2. The highest BCUT2D eigenvalue weighted by Crippen LogP contribution is 2.17. The van der Waals surface area contributed by atoms with E-state index in [0.29, 0.717) is 17.7 Å². The van der Waals surface area contributed by atoms with Crippen LogP contribution in [0.1, 0.15) is 27.0 Å². The van der Waals surface area contributed by atoms with Crippen LogP contribution in [0.25, 0.3) is 0 Å². The van der Waals surface area contributed by atoms with Crippen molar-refractivity contribution in [3.8, 4) is 0 Å². The Balaban J connectivity index is 2.28. The fourth-order valence-electron chi connectivity index (χ4n) is 1.99. The molecule has 2 heteroatoms. The quantitative estimate of drug-likeness (QED) is 0.659. The van der Waals surface area contributed by atoms with Crippen molar-refractivity contribution in [3.63, 3.8) is 0 Å². The topological polar surface area (TPSA) is 43.1 Å². The van der Waals surface area contributed by atoms with Crippen molar-refractivity contribution in [2.24, 2.45) is 0 Å². The molecule has 0 aromatic heterocycles. The van der Waals surface area contributed by atoms with E-state index in [0.717, 1.165) is 16.7 Å². The highest BCUT2D eigenvalue weighted by molar-refractivity contribution is 6.02. The van der Waals surface area contributed by atoms with Gasteiger partial charge < -0.3 is 5.73 Å². The summed E-state index contributed by atoms with van der Waals surface area (Å²) < 4.78 is 0. The second kappa shape index (κ2) is 5.05. The van der Waals surface area contributed by atoms with Crippen molar-refractivity contribution in [2.75, 3.05) is 5.73 Å². The van der Waals surface area contributed by atoms with E-state index < -0.39 is 0 Å². The fourth-order valence-corrected chi connectivity index (χ4v) is 1.99. The number of anilines is 1. The zero-order valence-corrected chi connectivity index (χ0v) is 10.7. The standard InChI is InChI=1S/C16H17NO/c1-11-7-8-15(17)14(9-11)16(18)10-13-6-4-3-5-12(13)2/h3-9H,10,17H2,1-2H3. The van der Waals surface area contributed by atoms with E-state index in [9.17, 15) is 4.79 Å². The van der Waals surface area contributed by atoms with Gasteiger partial charge in [-0.05, 0) is 37.1 Å². The van der Waals surface area contributed by atoms with Crippen LogP contribution in [0.4, 0.5) is 5.69 Å². The number of nitrogen functional groups attached to an aromatic ring is 1. The van der Waals surface area contributed by atoms with Crippen LogP contribution in [-0.4, -0.2) is 5.78 Å². The van der Waals surface area contributed by atoms with Gasteiger partial charge in [0.05, 0.1) is 0 Å². The van der Waals surface area contributed by atoms with E-state index in [1.54, 1.807) is 6.07 Å². The maximum Gasteiger partial charge on any atom is 0.169 e. The highest BCUT2D eigenvalue weighted by atomic mass is 16.1. The average molecular weight is 239 g/mol. The molecule has 18 heavy (non-hydrogen) atoms. The molecular formula is C16H17NO. The minimum Gasteiger partial charge on any atom is -0.398 e. The largest absolute Gasteiger partial charge is 0.398 e. The third kappa shape index (κ3) is 2.59. The third-order valence-electron chi connectivity index (χ3n) is 3.12. The van der Waals surface area contributed by atoms with E-state index in [1.165, 1.54) is 0 Å². The van der Waals surface area contributed by atoms with Gasteiger partial charge in [0.1, 0.15) is 0 Å². The Morgan fingerprint density at radius 3 is 2.56 bits per heavy atom. The molecule has 0 bridgehead atoms. The van der Waals surface area contributed by atoms with Gasteiger partial charge in [0.25, 0.3) is 0 Å². The molecule has 0 unspecified atom stereocenters. The predicted molar refractivity (Wildman–Crippen MR) is 74.8 cm³/mol. The summed E-state index contributed by atoms with van der Waals surface area (Å²) in [4.78, 5) is 12.3. The van der Waals surface area contributed by atoms with Crippen molar-refractivity contribution in [1.29, 1.82) is 0 Å². The van der Waals surface area contributed by atoms with Gasteiger partial charge in [-0.1, -0.05) is 35.9 Å². The molecule has 0 spiro atoms. The zero-order chi connectivity index (χ0) is 13.1. The number of hydrogen-bond donors (Lipinski definition) is 1. The summed E-state index contributed by atoms with van der Waals surface area (Å²) in [5.41, 5.74) is 10.3. The first-order valence-corrected chi connectivity index (χ1v) is 6.02. The molecule has 0 atom stereocenters. The maximum atomic E-state index is 12.3. The maximum absolute atomic E-state index is 12.3. The normalized spacial score (nSPS) is 10.3. The number of hydrogen-bond acceptors (Lipinski definition) is 2. The second-order valence-corrected chi connectivity index (χ2v) is 4.62. The number of nitrogens with two attached hydrogens (primary N) is 1. The molecule has 0 saturated carbocycles. The molecule has 2 aromatic rings. The van der Waals surface area contributed by atoms with Gasteiger partial charge in [0.15, 0.2) is 5.78 Å². The molecule has 0 aliphatic carbocycles. The summed E-state index contributed by atoms with van der Waals surface area (Å²) in [7, 11) is 0. The van der Waals surface area contributed by atoms with Crippen LogP contribution in [0.3, 0.4) is 0 Å². The number of carbonyl (C=O) groups is 1. The molecule has 0 heterocycles. The Labute approximate surface area is 107 Å². The van der Waals surface area contributed by atoms with Gasteiger partial charge in [-0.25, -0.2) is 0 Å². The van der Waals surface area contributed by atoms with E-state index >= 15 is 0 Å². The number of carbonyl (C=O) groups excluding carboxylic acids is 1.